The second-order valence-electron chi connectivity index (χ2n) is 4.06. The molecule has 2 aromatic rings. The second kappa shape index (κ2) is 6.18. The maximum Gasteiger partial charge on any atom is 0.488 e. The summed E-state index contributed by atoms with van der Waals surface area (Å²) in [5, 5.41) is 18.1. The quantitative estimate of drug-likeness (QED) is 0.612. The largest absolute Gasteiger partial charge is 0.488 e. The fourth-order valence-electron chi connectivity index (χ4n) is 1.69. The Morgan fingerprint density at radius 1 is 1.11 bits per heavy atom. The van der Waals surface area contributed by atoms with E-state index in [9.17, 15) is 4.79 Å². The number of rotatable bonds is 5. The molecule has 0 saturated heterocycles. The highest BCUT2D eigenvalue weighted by molar-refractivity contribution is 6.58. The first-order chi connectivity index (χ1) is 9.20. The van der Waals surface area contributed by atoms with Gasteiger partial charge in [-0.2, -0.15) is 0 Å². The Kier molecular flexibility index (Phi) is 4.33. The van der Waals surface area contributed by atoms with Crippen LogP contribution in [0.5, 0.6) is 5.75 Å². The highest BCUT2D eigenvalue weighted by Gasteiger charge is 2.13. The summed E-state index contributed by atoms with van der Waals surface area (Å²) in [6.07, 6.45) is 0.631. The molecule has 0 fully saturated rings. The SMILES string of the molecule is O=Cc1cc(B(O)O)ccc1OCc1ccccc1. The summed E-state index contributed by atoms with van der Waals surface area (Å²) in [5.41, 5.74) is 1.54. The van der Waals surface area contributed by atoms with Crippen molar-refractivity contribution in [1.82, 2.24) is 0 Å². The summed E-state index contributed by atoms with van der Waals surface area (Å²) < 4.78 is 5.55. The Morgan fingerprint density at radius 3 is 2.47 bits per heavy atom. The van der Waals surface area contributed by atoms with Gasteiger partial charge in [0.25, 0.3) is 0 Å². The molecule has 96 valence electrons. The van der Waals surface area contributed by atoms with Gasteiger partial charge in [0.2, 0.25) is 0 Å². The molecule has 0 spiro atoms. The minimum atomic E-state index is -1.60. The lowest BCUT2D eigenvalue weighted by molar-refractivity contribution is 0.111. The summed E-state index contributed by atoms with van der Waals surface area (Å²) >= 11 is 0. The lowest BCUT2D eigenvalue weighted by Gasteiger charge is -2.10. The Balaban J connectivity index is 2.14. The normalized spacial score (nSPS) is 10.0. The van der Waals surface area contributed by atoms with E-state index in [2.05, 4.69) is 0 Å². The predicted octanol–water partition coefficient (Wildman–Crippen LogP) is 0.758. The van der Waals surface area contributed by atoms with E-state index in [0.29, 0.717) is 24.2 Å². The Labute approximate surface area is 111 Å². The molecule has 0 aromatic heterocycles. The van der Waals surface area contributed by atoms with Gasteiger partial charge in [-0.05, 0) is 23.2 Å². The molecule has 0 radical (unpaired) electrons. The van der Waals surface area contributed by atoms with Crippen LogP contribution in [0.4, 0.5) is 0 Å². The van der Waals surface area contributed by atoms with Gasteiger partial charge in [-0.25, -0.2) is 0 Å². The molecule has 0 unspecified atom stereocenters. The van der Waals surface area contributed by atoms with Crippen molar-refractivity contribution in [3.05, 3.63) is 59.7 Å². The molecule has 4 nitrogen and oxygen atoms in total. The van der Waals surface area contributed by atoms with Crippen molar-refractivity contribution < 1.29 is 19.6 Å². The number of carbonyl (C=O) groups excluding carboxylic acids is 1. The summed E-state index contributed by atoms with van der Waals surface area (Å²) in [5.74, 6) is 0.420. The Bertz CT molecular complexity index is 555. The molecule has 0 bridgehead atoms. The van der Waals surface area contributed by atoms with Crippen LogP contribution in [-0.4, -0.2) is 23.5 Å². The fraction of sp³-hybridized carbons (Fsp3) is 0.0714. The highest BCUT2D eigenvalue weighted by atomic mass is 16.5. The molecule has 2 aromatic carbocycles. The van der Waals surface area contributed by atoms with Gasteiger partial charge in [0.05, 0.1) is 5.56 Å². The van der Waals surface area contributed by atoms with Crippen molar-refractivity contribution in [3.8, 4) is 5.75 Å². The van der Waals surface area contributed by atoms with E-state index >= 15 is 0 Å². The van der Waals surface area contributed by atoms with Gasteiger partial charge in [-0.1, -0.05) is 36.4 Å². The molecule has 0 atom stereocenters. The van der Waals surface area contributed by atoms with E-state index in [4.69, 9.17) is 14.8 Å². The third kappa shape index (κ3) is 3.43. The smallest absolute Gasteiger partial charge is 0.488 e. The van der Waals surface area contributed by atoms with Gasteiger partial charge in [0.1, 0.15) is 12.4 Å². The minimum Gasteiger partial charge on any atom is -0.488 e. The van der Waals surface area contributed by atoms with Crippen LogP contribution < -0.4 is 10.2 Å². The average Bonchev–Trinajstić information content (AvgIpc) is 2.45. The molecule has 0 heterocycles. The molecule has 0 saturated carbocycles. The Hall–Kier alpha value is -2.11. The van der Waals surface area contributed by atoms with Crippen LogP contribution in [0.25, 0.3) is 0 Å². The number of benzene rings is 2. The summed E-state index contributed by atoms with van der Waals surface area (Å²) in [7, 11) is -1.60. The molecule has 0 aliphatic carbocycles. The van der Waals surface area contributed by atoms with Crippen LogP contribution >= 0.6 is 0 Å². The van der Waals surface area contributed by atoms with E-state index in [0.717, 1.165) is 5.56 Å². The predicted molar refractivity (Wildman–Crippen MR) is 72.4 cm³/mol. The van der Waals surface area contributed by atoms with Crippen LogP contribution in [0, 0.1) is 0 Å². The van der Waals surface area contributed by atoms with Gasteiger partial charge in [-0.15, -0.1) is 0 Å². The van der Waals surface area contributed by atoms with Crippen LogP contribution in [0.1, 0.15) is 15.9 Å². The lowest BCUT2D eigenvalue weighted by Crippen LogP contribution is -2.30. The topological polar surface area (TPSA) is 66.8 Å². The number of hydrogen-bond acceptors (Lipinski definition) is 4. The average molecular weight is 256 g/mol. The molecule has 19 heavy (non-hydrogen) atoms. The molecule has 2 N–H and O–H groups in total. The third-order valence-electron chi connectivity index (χ3n) is 2.70. The van der Waals surface area contributed by atoms with E-state index in [1.54, 1.807) is 6.07 Å². The van der Waals surface area contributed by atoms with Gasteiger partial charge in [0.15, 0.2) is 6.29 Å². The highest BCUT2D eigenvalue weighted by Crippen LogP contribution is 2.16. The Morgan fingerprint density at radius 2 is 1.84 bits per heavy atom. The summed E-state index contributed by atoms with van der Waals surface area (Å²) in [6.45, 7) is 0.350. The van der Waals surface area contributed by atoms with Gasteiger partial charge in [0, 0.05) is 0 Å². The second-order valence-corrected chi connectivity index (χ2v) is 4.06. The fourth-order valence-corrected chi connectivity index (χ4v) is 1.69. The van der Waals surface area contributed by atoms with E-state index in [-0.39, 0.29) is 5.46 Å². The zero-order valence-corrected chi connectivity index (χ0v) is 10.2. The molecule has 0 aliphatic rings. The third-order valence-corrected chi connectivity index (χ3v) is 2.70. The van der Waals surface area contributed by atoms with Crippen LogP contribution in [0.3, 0.4) is 0 Å². The van der Waals surface area contributed by atoms with Crippen molar-refractivity contribution in [1.29, 1.82) is 0 Å². The van der Waals surface area contributed by atoms with Gasteiger partial charge >= 0.3 is 7.12 Å². The summed E-state index contributed by atoms with van der Waals surface area (Å²) in [6, 6.07) is 14.0. The summed E-state index contributed by atoms with van der Waals surface area (Å²) in [4.78, 5) is 11.0. The van der Waals surface area contributed by atoms with Crippen molar-refractivity contribution >= 4 is 18.9 Å². The van der Waals surface area contributed by atoms with Crippen LogP contribution in [0.15, 0.2) is 48.5 Å². The first-order valence-electron chi connectivity index (χ1n) is 5.82. The molecule has 0 aliphatic heterocycles. The monoisotopic (exact) mass is 256 g/mol. The van der Waals surface area contributed by atoms with Crippen LogP contribution in [0.2, 0.25) is 0 Å². The minimum absolute atomic E-state index is 0.258. The van der Waals surface area contributed by atoms with Gasteiger partial charge < -0.3 is 14.8 Å². The molecule has 0 amide bonds. The molecule has 2 rings (SSSR count). The molecular weight excluding hydrogens is 243 g/mol. The number of aldehydes is 1. The first-order valence-corrected chi connectivity index (χ1v) is 5.82. The van der Waals surface area contributed by atoms with Crippen molar-refractivity contribution in [2.75, 3.05) is 0 Å². The lowest BCUT2D eigenvalue weighted by atomic mass is 9.79. The van der Waals surface area contributed by atoms with E-state index in [1.807, 2.05) is 30.3 Å². The zero-order valence-electron chi connectivity index (χ0n) is 10.2. The van der Waals surface area contributed by atoms with E-state index in [1.165, 1.54) is 12.1 Å². The van der Waals surface area contributed by atoms with Crippen molar-refractivity contribution in [2.24, 2.45) is 0 Å². The number of hydrogen-bond donors (Lipinski definition) is 2. The molecule has 5 heteroatoms. The maximum absolute atomic E-state index is 11.0. The first kappa shape index (κ1) is 13.3. The van der Waals surface area contributed by atoms with Gasteiger partial charge in [-0.3, -0.25) is 4.79 Å². The number of carbonyl (C=O) groups is 1. The molecular formula is C14H13BO4. The van der Waals surface area contributed by atoms with Crippen LogP contribution in [-0.2, 0) is 6.61 Å². The van der Waals surface area contributed by atoms with Crippen molar-refractivity contribution in [2.45, 2.75) is 6.61 Å². The maximum atomic E-state index is 11.0. The van der Waals surface area contributed by atoms with E-state index < -0.39 is 7.12 Å². The number of ether oxygens (including phenoxy) is 1. The zero-order chi connectivity index (χ0) is 13.7. The standard InChI is InChI=1S/C14H13BO4/c16-9-12-8-13(15(17)18)6-7-14(12)19-10-11-4-2-1-3-5-11/h1-9,17-18H,10H2. The van der Waals surface area contributed by atoms with Crippen molar-refractivity contribution in [3.63, 3.8) is 0 Å².